The maximum Gasteiger partial charge on any atom is 0.252 e. The van der Waals surface area contributed by atoms with Gasteiger partial charge in [-0.2, -0.15) is 0 Å². The van der Waals surface area contributed by atoms with Gasteiger partial charge in [-0.25, -0.2) is 5.10 Å². The Morgan fingerprint density at radius 3 is 2.24 bits per heavy atom. The van der Waals surface area contributed by atoms with E-state index in [1.54, 1.807) is 37.3 Å². The summed E-state index contributed by atoms with van der Waals surface area (Å²) in [6.45, 7) is 7.91. The summed E-state index contributed by atoms with van der Waals surface area (Å²) >= 11 is 0. The Kier molecular flexibility index (Phi) is 21.0. The van der Waals surface area contributed by atoms with E-state index in [1.807, 2.05) is 31.2 Å². The highest BCUT2D eigenvalue weighted by atomic mass is 16.5. The zero-order valence-electron chi connectivity index (χ0n) is 41.2. The standard InChI is InChI=1S/C51H71N11O8/c1-6-7-8-9-10-12-34-15-18-38(31(2)27-34)49(66)57-41(21-22-52)51(68)62(5)45-36-17-20-44(70-26-24-54)40(30-36)39-29-35(16-19-43(39)69-25-23-53)28-37(13-11-14-42(63)32(3)55-50(45)67)48(65)56-33(4)46(64)47-58-60-61-59-47/h15-20,27,29-30,32-33,37,41,45H,6-14,21-26,28,52-54H2,1-5H3,(H,55,67)(H,56,65)(H,57,66)(H,58,59,60,61)/t32-,33-,37-,41-,45-/m0/s1. The van der Waals surface area contributed by atoms with Crippen molar-refractivity contribution in [3.63, 3.8) is 0 Å². The van der Waals surface area contributed by atoms with Crippen molar-refractivity contribution in [3.8, 4) is 22.6 Å². The summed E-state index contributed by atoms with van der Waals surface area (Å²) in [6, 6.07) is 11.8. The largest absolute Gasteiger partial charge is 0.492 e. The minimum Gasteiger partial charge on any atom is -0.492 e. The van der Waals surface area contributed by atoms with Crippen molar-refractivity contribution in [2.75, 3.05) is 39.9 Å². The van der Waals surface area contributed by atoms with Gasteiger partial charge in [0.25, 0.3) is 5.91 Å². The number of H-pyrrole nitrogens is 1. The number of Topliss-reactive ketones (excluding diaryl/α,β-unsaturated/α-hetero) is 2. The van der Waals surface area contributed by atoms with E-state index in [0.29, 0.717) is 39.3 Å². The first-order chi connectivity index (χ1) is 33.7. The van der Waals surface area contributed by atoms with Gasteiger partial charge in [-0.3, -0.25) is 28.8 Å². The van der Waals surface area contributed by atoms with Gasteiger partial charge < -0.3 is 47.5 Å². The van der Waals surface area contributed by atoms with Crippen molar-refractivity contribution in [1.82, 2.24) is 41.5 Å². The number of aromatic amines is 1. The Morgan fingerprint density at radius 2 is 1.59 bits per heavy atom. The number of carbonyl (C=O) groups excluding carboxylic acids is 6. The Morgan fingerprint density at radius 1 is 0.886 bits per heavy atom. The molecule has 4 aromatic rings. The molecule has 378 valence electrons. The topological polar surface area (TPSA) is 293 Å². The third-order valence-corrected chi connectivity index (χ3v) is 12.6. The van der Waals surface area contributed by atoms with Gasteiger partial charge in [0.15, 0.2) is 5.78 Å². The van der Waals surface area contributed by atoms with Gasteiger partial charge in [0.1, 0.15) is 36.8 Å². The summed E-state index contributed by atoms with van der Waals surface area (Å²) in [5, 5.41) is 21.6. The maximum absolute atomic E-state index is 14.7. The molecule has 10 N–H and O–H groups in total. The second kappa shape index (κ2) is 27.0. The van der Waals surface area contributed by atoms with Crippen molar-refractivity contribution in [2.24, 2.45) is 23.1 Å². The monoisotopic (exact) mass is 966 g/mol. The van der Waals surface area contributed by atoms with Gasteiger partial charge in [0.2, 0.25) is 29.3 Å². The quantitative estimate of drug-likeness (QED) is 0.0436. The Labute approximate surface area is 410 Å². The molecule has 19 heteroatoms. The van der Waals surface area contributed by atoms with Crippen LogP contribution in [0.3, 0.4) is 0 Å². The zero-order valence-corrected chi connectivity index (χ0v) is 41.2. The molecule has 5 rings (SSSR count). The third-order valence-electron chi connectivity index (χ3n) is 12.6. The molecule has 5 atom stereocenters. The molecule has 0 saturated heterocycles. The first-order valence-corrected chi connectivity index (χ1v) is 24.4. The van der Waals surface area contributed by atoms with Gasteiger partial charge in [-0.05, 0) is 129 Å². The van der Waals surface area contributed by atoms with E-state index in [1.165, 1.54) is 38.1 Å². The van der Waals surface area contributed by atoms with E-state index in [9.17, 15) is 28.8 Å². The molecule has 1 aliphatic heterocycles. The molecule has 3 aromatic carbocycles. The van der Waals surface area contributed by atoms with Crippen LogP contribution < -0.4 is 42.6 Å². The number of benzene rings is 3. The fourth-order valence-electron chi connectivity index (χ4n) is 8.67. The molecule has 0 fully saturated rings. The number of ketones is 2. The van der Waals surface area contributed by atoms with Crippen LogP contribution in [0.25, 0.3) is 11.1 Å². The first kappa shape index (κ1) is 54.4. The number of nitrogens with zero attached hydrogens (tertiary/aromatic N) is 4. The zero-order chi connectivity index (χ0) is 50.7. The highest BCUT2D eigenvalue weighted by molar-refractivity contribution is 6.00. The van der Waals surface area contributed by atoms with Crippen LogP contribution in [-0.4, -0.2) is 119 Å². The number of carbonyl (C=O) groups is 6. The number of aryl methyl sites for hydroxylation is 2. The summed E-state index contributed by atoms with van der Waals surface area (Å²) in [4.78, 5) is 85.4. The molecule has 1 aliphatic rings. The summed E-state index contributed by atoms with van der Waals surface area (Å²) < 4.78 is 12.4. The van der Waals surface area contributed by atoms with E-state index < -0.39 is 59.5 Å². The number of aromatic nitrogens is 4. The third kappa shape index (κ3) is 14.7. The molecular formula is C51H71N11O8. The van der Waals surface area contributed by atoms with Crippen molar-refractivity contribution < 1.29 is 38.2 Å². The molecule has 4 bridgehead atoms. The summed E-state index contributed by atoms with van der Waals surface area (Å²) in [7, 11) is 1.48. The molecule has 70 heavy (non-hydrogen) atoms. The summed E-state index contributed by atoms with van der Waals surface area (Å²) in [6.07, 6.45) is 7.50. The lowest BCUT2D eigenvalue weighted by atomic mass is 9.89. The molecular weight excluding hydrogens is 895 g/mol. The van der Waals surface area contributed by atoms with Gasteiger partial charge >= 0.3 is 0 Å². The van der Waals surface area contributed by atoms with Crippen LogP contribution in [0.4, 0.5) is 0 Å². The van der Waals surface area contributed by atoms with Crippen molar-refractivity contribution in [1.29, 1.82) is 0 Å². The number of likely N-dealkylation sites (N-methyl/N-ethyl adjacent to an activating group) is 1. The van der Waals surface area contributed by atoms with E-state index >= 15 is 0 Å². The van der Waals surface area contributed by atoms with Crippen LogP contribution in [0.2, 0.25) is 0 Å². The number of nitrogens with one attached hydrogen (secondary N) is 4. The van der Waals surface area contributed by atoms with Crippen LogP contribution >= 0.6 is 0 Å². The molecule has 1 aromatic heterocycles. The number of hydrogen-bond donors (Lipinski definition) is 7. The molecule has 0 aliphatic carbocycles. The van der Waals surface area contributed by atoms with Crippen molar-refractivity contribution >= 4 is 35.2 Å². The summed E-state index contributed by atoms with van der Waals surface area (Å²) in [5.74, 6) is -2.90. The Balaban J connectivity index is 1.54. The number of fused-ring (bicyclic) bond motifs is 5. The van der Waals surface area contributed by atoms with Crippen LogP contribution in [0.5, 0.6) is 11.5 Å². The van der Waals surface area contributed by atoms with Gasteiger partial charge in [0.05, 0.1) is 12.1 Å². The lowest BCUT2D eigenvalue weighted by Gasteiger charge is -2.32. The number of hydrogen-bond acceptors (Lipinski definition) is 14. The Hall–Kier alpha value is -6.57. The second-order valence-electron chi connectivity index (χ2n) is 18.0. The van der Waals surface area contributed by atoms with Crippen molar-refractivity contribution in [3.05, 3.63) is 88.2 Å². The fraction of sp³-hybridized carbons (Fsp3) is 0.510. The smallest absolute Gasteiger partial charge is 0.252 e. The van der Waals surface area contributed by atoms with E-state index in [0.717, 1.165) is 30.4 Å². The number of unbranched alkanes of at least 4 members (excludes halogenated alkanes) is 4. The normalized spacial score (nSPS) is 17.2. The minimum atomic E-state index is -1.32. The van der Waals surface area contributed by atoms with Gasteiger partial charge in [-0.15, -0.1) is 5.10 Å². The van der Waals surface area contributed by atoms with Crippen LogP contribution in [-0.2, 0) is 32.0 Å². The average Bonchev–Trinajstić information content (AvgIpc) is 3.89. The maximum atomic E-state index is 14.7. The predicted molar refractivity (Wildman–Crippen MR) is 265 cm³/mol. The second-order valence-corrected chi connectivity index (χ2v) is 18.0. The fourth-order valence-corrected chi connectivity index (χ4v) is 8.67. The van der Waals surface area contributed by atoms with Gasteiger partial charge in [0, 0.05) is 49.2 Å². The van der Waals surface area contributed by atoms with Crippen LogP contribution in [0.15, 0.2) is 54.6 Å². The van der Waals surface area contributed by atoms with E-state index in [4.69, 9.17) is 26.7 Å². The molecule has 0 unspecified atom stereocenters. The predicted octanol–water partition coefficient (Wildman–Crippen LogP) is 3.81. The Bertz CT molecular complexity index is 2410. The number of rotatable bonds is 22. The SMILES string of the molecule is CCCCCCCc1ccc(C(=O)N[C@@H](CCN)C(=O)N(C)[C@@H]2C(=O)N[C@@H](C)C(=O)CCC[C@H](C(=O)N[C@@H](C)C(=O)c3nnn[nH]3)Cc3ccc(OCCN)c(c3)-c3cc2ccc3OCCN)c(C)c1. The highest BCUT2D eigenvalue weighted by Crippen LogP contribution is 2.40. The lowest BCUT2D eigenvalue weighted by Crippen LogP contribution is -2.52. The molecule has 19 nitrogen and oxygen atoms in total. The first-order valence-electron chi connectivity index (χ1n) is 24.4. The molecule has 0 radical (unpaired) electrons. The number of nitrogens with two attached hydrogens (primary N) is 3. The van der Waals surface area contributed by atoms with Gasteiger partial charge in [-0.1, -0.05) is 56.9 Å². The summed E-state index contributed by atoms with van der Waals surface area (Å²) in [5.41, 5.74) is 22.3. The highest BCUT2D eigenvalue weighted by Gasteiger charge is 2.36. The lowest BCUT2D eigenvalue weighted by molar-refractivity contribution is -0.141. The molecule has 0 spiro atoms. The molecule has 0 saturated carbocycles. The van der Waals surface area contributed by atoms with E-state index in [2.05, 4.69) is 43.5 Å². The van der Waals surface area contributed by atoms with Crippen LogP contribution in [0.1, 0.15) is 128 Å². The number of tetrazole rings is 1. The molecule has 4 amide bonds. The average molecular weight is 966 g/mol. The number of amides is 4. The van der Waals surface area contributed by atoms with E-state index in [-0.39, 0.29) is 76.6 Å². The minimum absolute atomic E-state index is 0.0152. The molecule has 2 heterocycles. The van der Waals surface area contributed by atoms with Crippen LogP contribution in [0, 0.1) is 12.8 Å². The number of ether oxygens (including phenoxy) is 2. The van der Waals surface area contributed by atoms with Crippen molar-refractivity contribution in [2.45, 2.75) is 122 Å².